The Kier molecular flexibility index (Phi) is 7.00. The van der Waals surface area contributed by atoms with Crippen LogP contribution in [0.25, 0.3) is 0 Å². The van der Waals surface area contributed by atoms with Crippen molar-refractivity contribution in [3.63, 3.8) is 0 Å². The van der Waals surface area contributed by atoms with Crippen LogP contribution in [-0.4, -0.2) is 29.9 Å². The number of rotatable bonds is 8. The van der Waals surface area contributed by atoms with Gasteiger partial charge in [0.2, 0.25) is 5.91 Å². The number of anilines is 1. The van der Waals surface area contributed by atoms with Gasteiger partial charge in [-0.2, -0.15) is 0 Å². The summed E-state index contributed by atoms with van der Waals surface area (Å²) in [7, 11) is 0. The summed E-state index contributed by atoms with van der Waals surface area (Å²) in [6.45, 7) is 3.29. The van der Waals surface area contributed by atoms with E-state index in [0.29, 0.717) is 35.3 Å². The fraction of sp³-hybridized carbons (Fsp3) is 0.238. The third kappa shape index (κ3) is 6.18. The van der Waals surface area contributed by atoms with Crippen LogP contribution in [0.5, 0.6) is 0 Å². The van der Waals surface area contributed by atoms with Crippen molar-refractivity contribution >= 4 is 29.1 Å². The zero-order chi connectivity index (χ0) is 19.8. The van der Waals surface area contributed by atoms with Crippen molar-refractivity contribution in [1.29, 1.82) is 0 Å². The molecule has 0 aliphatic rings. The molecule has 0 bridgehead atoms. The van der Waals surface area contributed by atoms with E-state index in [-0.39, 0.29) is 29.8 Å². The molecule has 0 saturated heterocycles. The Morgan fingerprint density at radius 1 is 0.815 bits per heavy atom. The summed E-state index contributed by atoms with van der Waals surface area (Å²) in [5.41, 5.74) is 2.13. The van der Waals surface area contributed by atoms with Crippen molar-refractivity contribution in [2.45, 2.75) is 26.7 Å². The molecule has 6 nitrogen and oxygen atoms in total. The number of nitrogens with one attached hydrogen (secondary N) is 2. The lowest BCUT2D eigenvalue weighted by Gasteiger charge is -2.08. The maximum Gasteiger partial charge on any atom is 0.251 e. The van der Waals surface area contributed by atoms with Gasteiger partial charge in [0, 0.05) is 35.3 Å². The molecule has 0 spiro atoms. The lowest BCUT2D eigenvalue weighted by atomic mass is 10.1. The Morgan fingerprint density at radius 3 is 2.07 bits per heavy atom. The fourth-order valence-electron chi connectivity index (χ4n) is 2.45. The number of ketones is 2. The number of benzene rings is 2. The molecule has 0 heterocycles. The first kappa shape index (κ1) is 20.0. The van der Waals surface area contributed by atoms with Gasteiger partial charge >= 0.3 is 0 Å². The van der Waals surface area contributed by atoms with Crippen molar-refractivity contribution < 1.29 is 19.2 Å². The maximum atomic E-state index is 12.0. The first-order valence-electron chi connectivity index (χ1n) is 8.67. The molecular weight excluding hydrogens is 344 g/mol. The summed E-state index contributed by atoms with van der Waals surface area (Å²) in [6, 6.07) is 13.2. The molecule has 2 N–H and O–H groups in total. The number of carbonyl (C=O) groups is 4. The highest BCUT2D eigenvalue weighted by atomic mass is 16.2. The molecule has 0 aromatic heterocycles. The van der Waals surface area contributed by atoms with Crippen LogP contribution in [0.15, 0.2) is 48.5 Å². The Bertz CT molecular complexity index is 857. The van der Waals surface area contributed by atoms with E-state index in [1.807, 2.05) is 0 Å². The standard InChI is InChI=1S/C21H22N2O4/c1-14(24)16-8-10-17(11-9-16)21(27)22-12-4-7-20(26)23-19-6-3-5-18(13-19)15(2)25/h3,5-6,8-11,13H,4,7,12H2,1-2H3,(H,22,27)(H,23,26). The van der Waals surface area contributed by atoms with Crippen LogP contribution in [-0.2, 0) is 4.79 Å². The topological polar surface area (TPSA) is 92.3 Å². The summed E-state index contributed by atoms with van der Waals surface area (Å²) in [4.78, 5) is 46.6. The van der Waals surface area contributed by atoms with Crippen molar-refractivity contribution in [2.75, 3.05) is 11.9 Å². The largest absolute Gasteiger partial charge is 0.352 e. The van der Waals surface area contributed by atoms with Crippen molar-refractivity contribution in [3.8, 4) is 0 Å². The van der Waals surface area contributed by atoms with Crippen molar-refractivity contribution in [2.24, 2.45) is 0 Å². The van der Waals surface area contributed by atoms with Crippen LogP contribution in [0.1, 0.15) is 57.8 Å². The van der Waals surface area contributed by atoms with E-state index in [4.69, 9.17) is 0 Å². The molecule has 0 unspecified atom stereocenters. The molecule has 2 rings (SSSR count). The smallest absolute Gasteiger partial charge is 0.251 e. The molecular formula is C21H22N2O4. The van der Waals surface area contributed by atoms with E-state index >= 15 is 0 Å². The molecule has 2 aromatic carbocycles. The van der Waals surface area contributed by atoms with Crippen LogP contribution in [0, 0.1) is 0 Å². The normalized spacial score (nSPS) is 10.1. The third-order valence-corrected chi connectivity index (χ3v) is 3.97. The van der Waals surface area contributed by atoms with Gasteiger partial charge in [0.05, 0.1) is 0 Å². The highest BCUT2D eigenvalue weighted by Gasteiger charge is 2.08. The van der Waals surface area contributed by atoms with Gasteiger partial charge < -0.3 is 10.6 Å². The molecule has 0 atom stereocenters. The summed E-state index contributed by atoms with van der Waals surface area (Å²) in [6.07, 6.45) is 0.726. The molecule has 27 heavy (non-hydrogen) atoms. The van der Waals surface area contributed by atoms with Crippen LogP contribution in [0.4, 0.5) is 5.69 Å². The minimum Gasteiger partial charge on any atom is -0.352 e. The second-order valence-corrected chi connectivity index (χ2v) is 6.18. The Labute approximate surface area is 158 Å². The van der Waals surface area contributed by atoms with Crippen molar-refractivity contribution in [3.05, 3.63) is 65.2 Å². The van der Waals surface area contributed by atoms with E-state index in [1.165, 1.54) is 13.8 Å². The van der Waals surface area contributed by atoms with E-state index < -0.39 is 0 Å². The fourth-order valence-corrected chi connectivity index (χ4v) is 2.45. The minimum absolute atomic E-state index is 0.0539. The predicted octanol–water partition coefficient (Wildman–Crippen LogP) is 3.24. The number of Topliss-reactive ketones (excluding diaryl/α,β-unsaturated/α-hetero) is 2. The van der Waals surface area contributed by atoms with Crippen molar-refractivity contribution in [1.82, 2.24) is 5.32 Å². The number of carbonyl (C=O) groups excluding carboxylic acids is 4. The van der Waals surface area contributed by atoms with Crippen LogP contribution in [0.3, 0.4) is 0 Å². The zero-order valence-electron chi connectivity index (χ0n) is 15.4. The van der Waals surface area contributed by atoms with Gasteiger partial charge in [0.15, 0.2) is 11.6 Å². The lowest BCUT2D eigenvalue weighted by Crippen LogP contribution is -2.25. The van der Waals surface area contributed by atoms with Gasteiger partial charge in [0.25, 0.3) is 5.91 Å². The van der Waals surface area contributed by atoms with Gasteiger partial charge in [-0.25, -0.2) is 0 Å². The summed E-state index contributed by atoms with van der Waals surface area (Å²) in [5, 5.41) is 5.48. The Morgan fingerprint density at radius 2 is 1.44 bits per heavy atom. The highest BCUT2D eigenvalue weighted by Crippen LogP contribution is 2.12. The summed E-state index contributed by atoms with van der Waals surface area (Å²) < 4.78 is 0. The summed E-state index contributed by atoms with van der Waals surface area (Å²) >= 11 is 0. The second kappa shape index (κ2) is 9.43. The lowest BCUT2D eigenvalue weighted by molar-refractivity contribution is -0.116. The van der Waals surface area contributed by atoms with Gasteiger partial charge in [-0.3, -0.25) is 19.2 Å². The van der Waals surface area contributed by atoms with Gasteiger partial charge in [-0.05, 0) is 44.5 Å². The average Bonchev–Trinajstić information content (AvgIpc) is 2.65. The van der Waals surface area contributed by atoms with Gasteiger partial charge in [-0.15, -0.1) is 0 Å². The second-order valence-electron chi connectivity index (χ2n) is 6.18. The molecule has 0 saturated carbocycles. The van der Waals surface area contributed by atoms with Crippen LogP contribution in [0.2, 0.25) is 0 Å². The molecule has 0 aliphatic heterocycles. The number of amides is 2. The molecule has 0 fully saturated rings. The number of hydrogen-bond acceptors (Lipinski definition) is 4. The predicted molar refractivity (Wildman–Crippen MR) is 103 cm³/mol. The summed E-state index contributed by atoms with van der Waals surface area (Å²) in [5.74, 6) is -0.553. The quantitative estimate of drug-likeness (QED) is 0.554. The minimum atomic E-state index is -0.250. The molecule has 0 aliphatic carbocycles. The van der Waals surface area contributed by atoms with Gasteiger partial charge in [0.1, 0.15) is 0 Å². The van der Waals surface area contributed by atoms with E-state index in [0.717, 1.165) is 0 Å². The average molecular weight is 366 g/mol. The number of hydrogen-bond donors (Lipinski definition) is 2. The molecule has 2 aromatic rings. The molecule has 2 amide bonds. The maximum absolute atomic E-state index is 12.0. The Hall–Kier alpha value is -3.28. The molecule has 140 valence electrons. The molecule has 0 radical (unpaired) electrons. The van der Waals surface area contributed by atoms with Gasteiger partial charge in [-0.1, -0.05) is 24.3 Å². The monoisotopic (exact) mass is 366 g/mol. The zero-order valence-corrected chi connectivity index (χ0v) is 15.4. The molecule has 6 heteroatoms. The first-order valence-corrected chi connectivity index (χ1v) is 8.67. The third-order valence-electron chi connectivity index (χ3n) is 3.97. The van der Waals surface area contributed by atoms with E-state index in [9.17, 15) is 19.2 Å². The first-order chi connectivity index (χ1) is 12.9. The highest BCUT2D eigenvalue weighted by molar-refractivity contribution is 5.98. The van der Waals surface area contributed by atoms with Crippen LogP contribution < -0.4 is 10.6 Å². The van der Waals surface area contributed by atoms with E-state index in [1.54, 1.807) is 48.5 Å². The Balaban J connectivity index is 1.75. The van der Waals surface area contributed by atoms with E-state index in [2.05, 4.69) is 10.6 Å². The SMILES string of the molecule is CC(=O)c1ccc(C(=O)NCCCC(=O)Nc2cccc(C(C)=O)c2)cc1. The van der Waals surface area contributed by atoms with Crippen LogP contribution >= 0.6 is 0 Å².